The molecule has 3 amide bonds. The van der Waals surface area contributed by atoms with Crippen molar-refractivity contribution in [2.45, 2.75) is 31.9 Å². The van der Waals surface area contributed by atoms with Gasteiger partial charge in [-0.05, 0) is 61.6 Å². The number of rotatable bonds is 10. The lowest BCUT2D eigenvalue weighted by atomic mass is 10.0. The number of aromatic nitrogens is 2. The van der Waals surface area contributed by atoms with Crippen molar-refractivity contribution in [3.05, 3.63) is 70.9 Å². The summed E-state index contributed by atoms with van der Waals surface area (Å²) in [5.74, 6) is -1.24. The number of nitrogen functional groups attached to an aromatic ring is 1. The Morgan fingerprint density at radius 3 is 2.67 bits per heavy atom. The second-order valence-electron chi connectivity index (χ2n) is 9.31. The molecule has 2 aromatic heterocycles. The molecule has 0 saturated carbocycles. The highest BCUT2D eigenvalue weighted by Crippen LogP contribution is 2.36. The van der Waals surface area contributed by atoms with Crippen LogP contribution in [0.15, 0.2) is 54.7 Å². The molecule has 11 nitrogen and oxygen atoms in total. The van der Waals surface area contributed by atoms with Crippen LogP contribution in [0.25, 0.3) is 10.9 Å². The molecular formula is C28H30N6O5S. The number of nitrogens with two attached hydrogens (primary N) is 2. The second-order valence-corrected chi connectivity index (χ2v) is 10.1. The number of ether oxygens (including phenoxy) is 2. The predicted molar refractivity (Wildman–Crippen MR) is 152 cm³/mol. The minimum absolute atomic E-state index is 0.000507. The molecule has 2 aromatic carbocycles. The molecule has 208 valence electrons. The summed E-state index contributed by atoms with van der Waals surface area (Å²) in [5, 5.41) is 3.77. The molecule has 1 fully saturated rings. The van der Waals surface area contributed by atoms with Gasteiger partial charge >= 0.3 is 0 Å². The highest BCUT2D eigenvalue weighted by molar-refractivity contribution is 7.09. The van der Waals surface area contributed by atoms with Gasteiger partial charge in [0.1, 0.15) is 16.7 Å². The number of nitrogens with one attached hydrogen (secondary N) is 2. The van der Waals surface area contributed by atoms with Crippen molar-refractivity contribution < 1.29 is 23.9 Å². The van der Waals surface area contributed by atoms with Crippen LogP contribution >= 0.6 is 11.5 Å². The number of carbonyl (C=O) groups is 3. The van der Waals surface area contributed by atoms with E-state index in [-0.39, 0.29) is 22.4 Å². The molecule has 12 heteroatoms. The van der Waals surface area contributed by atoms with E-state index in [0.717, 1.165) is 35.3 Å². The number of hydrogen-bond acceptors (Lipinski definition) is 8. The first-order chi connectivity index (χ1) is 19.4. The van der Waals surface area contributed by atoms with Crippen LogP contribution in [0.5, 0.6) is 5.75 Å². The molecule has 5 rings (SSSR count). The number of anilines is 2. The molecule has 0 aliphatic carbocycles. The van der Waals surface area contributed by atoms with Gasteiger partial charge in [-0.25, -0.2) is 0 Å². The fraction of sp³-hybridized carbons (Fsp3) is 0.286. The quantitative estimate of drug-likeness (QED) is 0.230. The summed E-state index contributed by atoms with van der Waals surface area (Å²) in [4.78, 5) is 44.7. The normalized spacial score (nSPS) is 15.6. The molecule has 6 N–H and O–H groups in total. The van der Waals surface area contributed by atoms with Gasteiger partial charge in [0, 0.05) is 41.5 Å². The highest BCUT2D eigenvalue weighted by atomic mass is 32.1. The number of carbonyl (C=O) groups excluding carboxylic acids is 3. The Kier molecular flexibility index (Phi) is 7.99. The Morgan fingerprint density at radius 1 is 1.23 bits per heavy atom. The molecule has 3 heterocycles. The smallest absolute Gasteiger partial charge is 0.273 e. The van der Waals surface area contributed by atoms with E-state index in [4.69, 9.17) is 20.9 Å². The predicted octanol–water partition coefficient (Wildman–Crippen LogP) is 3.39. The molecule has 0 bridgehead atoms. The number of H-pyrrole nitrogens is 1. The zero-order valence-electron chi connectivity index (χ0n) is 21.9. The van der Waals surface area contributed by atoms with Crippen molar-refractivity contribution in [3.63, 3.8) is 0 Å². The van der Waals surface area contributed by atoms with Gasteiger partial charge in [0.05, 0.1) is 18.4 Å². The van der Waals surface area contributed by atoms with Crippen LogP contribution in [-0.2, 0) is 9.53 Å². The van der Waals surface area contributed by atoms with Crippen LogP contribution in [-0.4, -0.2) is 52.9 Å². The monoisotopic (exact) mass is 562 g/mol. The Labute approximate surface area is 234 Å². The maximum atomic E-state index is 14.3. The lowest BCUT2D eigenvalue weighted by Crippen LogP contribution is -2.45. The van der Waals surface area contributed by atoms with E-state index in [2.05, 4.69) is 14.7 Å². The van der Waals surface area contributed by atoms with E-state index >= 15 is 0 Å². The summed E-state index contributed by atoms with van der Waals surface area (Å²) in [7, 11) is 0. The number of fused-ring (bicyclic) bond motifs is 1. The zero-order chi connectivity index (χ0) is 28.2. The Morgan fingerprint density at radius 2 is 2.00 bits per heavy atom. The van der Waals surface area contributed by atoms with Crippen LogP contribution in [0.2, 0.25) is 0 Å². The maximum absolute atomic E-state index is 14.3. The first-order valence-corrected chi connectivity index (χ1v) is 13.7. The number of aromatic amines is 1. The minimum atomic E-state index is -1.11. The van der Waals surface area contributed by atoms with E-state index in [9.17, 15) is 14.4 Å². The summed E-state index contributed by atoms with van der Waals surface area (Å²) in [6.45, 7) is 3.30. The first-order valence-electron chi connectivity index (χ1n) is 13.0. The molecule has 0 radical (unpaired) electrons. The highest BCUT2D eigenvalue weighted by Gasteiger charge is 2.37. The third-order valence-electron chi connectivity index (χ3n) is 6.75. The fourth-order valence-electron chi connectivity index (χ4n) is 4.83. The van der Waals surface area contributed by atoms with E-state index in [1.54, 1.807) is 30.5 Å². The van der Waals surface area contributed by atoms with E-state index < -0.39 is 23.8 Å². The summed E-state index contributed by atoms with van der Waals surface area (Å²) in [5.41, 5.74) is 13.1. The summed E-state index contributed by atoms with van der Waals surface area (Å²) in [6.07, 6.45) is 3.39. The molecule has 2 atom stereocenters. The Balaban J connectivity index is 1.63. The second kappa shape index (κ2) is 11.8. The molecule has 0 unspecified atom stereocenters. The molecule has 4 aromatic rings. The number of para-hydroxylation sites is 1. The van der Waals surface area contributed by atoms with Crippen LogP contribution in [0, 0.1) is 0 Å². The molecular weight excluding hydrogens is 532 g/mol. The van der Waals surface area contributed by atoms with Gasteiger partial charge in [0.2, 0.25) is 5.91 Å². The fourth-order valence-corrected chi connectivity index (χ4v) is 5.57. The lowest BCUT2D eigenvalue weighted by Gasteiger charge is -2.31. The van der Waals surface area contributed by atoms with E-state index in [0.29, 0.717) is 36.8 Å². The van der Waals surface area contributed by atoms with Crippen LogP contribution in [0.1, 0.15) is 51.5 Å². The largest absolute Gasteiger partial charge is 0.494 e. The van der Waals surface area contributed by atoms with Gasteiger partial charge in [-0.3, -0.25) is 19.3 Å². The third-order valence-corrected chi connectivity index (χ3v) is 7.60. The molecule has 1 aliphatic heterocycles. The SMILES string of the molecule is CCOc1ccc(N(C(=O)c2snc(C(N)=O)c2N)[C@H](C(=O)NC[C@H]2CCCO2)c2c[nH]c3ccccc23)cc1. The topological polar surface area (TPSA) is 166 Å². The van der Waals surface area contributed by atoms with Crippen molar-refractivity contribution in [2.24, 2.45) is 5.73 Å². The molecule has 40 heavy (non-hydrogen) atoms. The molecule has 1 saturated heterocycles. The number of primary amides is 1. The third kappa shape index (κ3) is 5.36. The minimum Gasteiger partial charge on any atom is -0.494 e. The number of benzene rings is 2. The molecule has 0 spiro atoms. The van der Waals surface area contributed by atoms with Crippen molar-refractivity contribution >= 4 is 51.5 Å². The van der Waals surface area contributed by atoms with Crippen molar-refractivity contribution in [1.82, 2.24) is 14.7 Å². The maximum Gasteiger partial charge on any atom is 0.273 e. The van der Waals surface area contributed by atoms with Crippen molar-refractivity contribution in [2.75, 3.05) is 30.4 Å². The van der Waals surface area contributed by atoms with Crippen molar-refractivity contribution in [1.29, 1.82) is 0 Å². The van der Waals surface area contributed by atoms with Gasteiger partial charge in [-0.15, -0.1) is 0 Å². The van der Waals surface area contributed by atoms with Crippen molar-refractivity contribution in [3.8, 4) is 5.75 Å². The Bertz CT molecular complexity index is 1530. The standard InChI is InChI=1S/C28H30N6O5S/c1-2-38-17-11-9-16(10-12-17)34(28(37)25-22(29)23(26(30)35)33-40-25)24(27(36)32-14-18-6-5-13-39-18)20-15-31-21-8-4-3-7-19(20)21/h3-4,7-12,15,18,24,31H,2,5-6,13-14,29H2,1H3,(H2,30,35)(H,32,36)/t18-,24+/m1/s1. The van der Waals surface area contributed by atoms with Gasteiger partial charge < -0.3 is 31.2 Å². The average Bonchev–Trinajstić information content (AvgIpc) is 3.71. The lowest BCUT2D eigenvalue weighted by molar-refractivity contribution is -0.123. The van der Waals surface area contributed by atoms with Crippen LogP contribution in [0.4, 0.5) is 11.4 Å². The number of hydrogen-bond donors (Lipinski definition) is 4. The first kappa shape index (κ1) is 27.2. The average molecular weight is 563 g/mol. The van der Waals surface area contributed by atoms with Crippen LogP contribution < -0.4 is 26.4 Å². The zero-order valence-corrected chi connectivity index (χ0v) is 22.7. The van der Waals surface area contributed by atoms with Gasteiger partial charge in [-0.2, -0.15) is 4.37 Å². The van der Waals surface area contributed by atoms with Gasteiger partial charge in [-0.1, -0.05) is 18.2 Å². The van der Waals surface area contributed by atoms with E-state index in [1.807, 2.05) is 31.2 Å². The summed E-state index contributed by atoms with van der Waals surface area (Å²) >= 11 is 0.759. The van der Waals surface area contributed by atoms with Gasteiger partial charge in [0.25, 0.3) is 11.8 Å². The van der Waals surface area contributed by atoms with Crippen LogP contribution in [0.3, 0.4) is 0 Å². The summed E-state index contributed by atoms with van der Waals surface area (Å²) in [6, 6.07) is 13.3. The summed E-state index contributed by atoms with van der Waals surface area (Å²) < 4.78 is 15.3. The number of nitrogens with zero attached hydrogens (tertiary/aromatic N) is 2. The Hall–Kier alpha value is -4.42. The van der Waals surface area contributed by atoms with Gasteiger partial charge in [0.15, 0.2) is 5.69 Å². The van der Waals surface area contributed by atoms with E-state index in [1.165, 1.54) is 4.90 Å². The number of amides is 3. The molecule has 1 aliphatic rings.